The second-order valence-corrected chi connectivity index (χ2v) is 20.2. The monoisotopic (exact) mass is 959 g/mol. The molecule has 2 N–H and O–H groups in total. The van der Waals surface area contributed by atoms with Gasteiger partial charge in [0.2, 0.25) is 6.29 Å². The number of likely N-dealkylation sites (tertiary alicyclic amines) is 1. The molecule has 69 heavy (non-hydrogen) atoms. The number of fused-ring (bicyclic) bond motifs is 1. The Balaban J connectivity index is 0.951. The number of likely N-dealkylation sites (N-methyl/N-ethyl adjacent to an activating group) is 1. The molecule has 5 heterocycles. The van der Waals surface area contributed by atoms with Gasteiger partial charge in [0.05, 0.1) is 26.7 Å². The van der Waals surface area contributed by atoms with Crippen LogP contribution in [-0.2, 0) is 34.2 Å². The Morgan fingerprint density at radius 2 is 1.38 bits per heavy atom. The third-order valence-corrected chi connectivity index (χ3v) is 15.5. The van der Waals surface area contributed by atoms with Gasteiger partial charge in [0.25, 0.3) is 11.8 Å². The van der Waals surface area contributed by atoms with E-state index in [-0.39, 0.29) is 17.1 Å². The zero-order valence-electron chi connectivity index (χ0n) is 38.4. The quantitative estimate of drug-likeness (QED) is 0.0244. The van der Waals surface area contributed by atoms with Crippen molar-refractivity contribution >= 4 is 51.7 Å². The van der Waals surface area contributed by atoms with Crippen LogP contribution in [0.15, 0.2) is 173 Å². The third kappa shape index (κ3) is 9.71. The second kappa shape index (κ2) is 20.6. The van der Waals surface area contributed by atoms with E-state index in [9.17, 15) is 14.4 Å². The van der Waals surface area contributed by atoms with E-state index in [4.69, 9.17) is 19.3 Å². The van der Waals surface area contributed by atoms with Gasteiger partial charge < -0.3 is 29.4 Å². The summed E-state index contributed by atoms with van der Waals surface area (Å²) < 4.78 is 13.1. The lowest BCUT2D eigenvalue weighted by molar-refractivity contribution is -0.893. The third-order valence-electron chi connectivity index (χ3n) is 13.5. The molecule has 1 aromatic heterocycles. The fraction of sp³-hybridized carbons (Fsp3) is 0.291. The maximum Gasteiger partial charge on any atom is 0.356 e. The van der Waals surface area contributed by atoms with E-state index in [0.29, 0.717) is 30.5 Å². The number of nitrogens with one attached hydrogen (secondary N) is 2. The highest BCUT2D eigenvalue weighted by molar-refractivity contribution is 8.00. The van der Waals surface area contributed by atoms with Crippen LogP contribution in [0.5, 0.6) is 0 Å². The number of benzene rings is 5. The molecule has 0 aliphatic carbocycles. The fourth-order valence-electron chi connectivity index (χ4n) is 9.96. The molecule has 14 heteroatoms. The highest BCUT2D eigenvalue weighted by atomic mass is 32.2. The number of esters is 1. The second-order valence-electron chi connectivity index (χ2n) is 18.2. The summed E-state index contributed by atoms with van der Waals surface area (Å²) in [5.41, 5.74) is 5.05. The summed E-state index contributed by atoms with van der Waals surface area (Å²) in [5, 5.41) is 13.0. The average molecular weight is 960 g/mol. The molecule has 3 fully saturated rings. The van der Waals surface area contributed by atoms with E-state index in [1.807, 2.05) is 115 Å². The van der Waals surface area contributed by atoms with Crippen molar-refractivity contribution in [3.63, 3.8) is 0 Å². The number of oxime groups is 1. The molecule has 0 radical (unpaired) electrons. The zero-order chi connectivity index (χ0) is 47.2. The Morgan fingerprint density at radius 3 is 1.93 bits per heavy atom. The van der Waals surface area contributed by atoms with E-state index < -0.39 is 47.1 Å². The SMILES string of the molecule is C[N+]1(CC2=C(C(=O)OC(c3ccccc3)c3ccccc3)N3C(=O)C(NC(=O)C(=NOC4CCCCO4)c4csc(NC(c5ccccc5)(c5ccccc5)c5ccccc5)n4)[C@@H]3SC2)CCCC1. The van der Waals surface area contributed by atoms with Gasteiger partial charge in [-0.1, -0.05) is 157 Å². The van der Waals surface area contributed by atoms with Gasteiger partial charge >= 0.3 is 5.97 Å². The van der Waals surface area contributed by atoms with E-state index in [2.05, 4.69) is 59.2 Å². The van der Waals surface area contributed by atoms with E-state index in [0.717, 1.165) is 76.6 Å². The van der Waals surface area contributed by atoms with Crippen molar-refractivity contribution in [2.75, 3.05) is 44.4 Å². The first-order valence-corrected chi connectivity index (χ1v) is 25.6. The molecule has 352 valence electrons. The highest BCUT2D eigenvalue weighted by Crippen LogP contribution is 2.44. The first kappa shape index (κ1) is 46.2. The van der Waals surface area contributed by atoms with Gasteiger partial charge in [0.15, 0.2) is 16.9 Å². The smallest absolute Gasteiger partial charge is 0.356 e. The molecule has 2 unspecified atom stereocenters. The lowest BCUT2D eigenvalue weighted by atomic mass is 9.77. The van der Waals surface area contributed by atoms with E-state index >= 15 is 0 Å². The molecule has 3 atom stereocenters. The molecule has 3 saturated heterocycles. The molecular formula is C55H55N6O6S2+. The largest absolute Gasteiger partial charge is 0.448 e. The minimum atomic E-state index is -0.961. The number of anilines is 1. The van der Waals surface area contributed by atoms with Gasteiger partial charge in [0, 0.05) is 36.0 Å². The predicted molar refractivity (Wildman–Crippen MR) is 269 cm³/mol. The number of carbonyl (C=O) groups excluding carboxylic acids is 3. The maximum absolute atomic E-state index is 14.8. The van der Waals surface area contributed by atoms with Gasteiger partial charge in [-0.05, 0) is 40.7 Å². The Hall–Kier alpha value is -6.58. The number of nitrogens with zero attached hydrogens (tertiary/aromatic N) is 4. The summed E-state index contributed by atoms with van der Waals surface area (Å²) in [6, 6.07) is 48.9. The summed E-state index contributed by atoms with van der Waals surface area (Å²) in [5.74, 6) is -1.11. The van der Waals surface area contributed by atoms with Crippen LogP contribution in [0.2, 0.25) is 0 Å². The summed E-state index contributed by atoms with van der Waals surface area (Å²) in [6.45, 7) is 3.11. The molecule has 10 rings (SSSR count). The first-order valence-electron chi connectivity index (χ1n) is 23.7. The standard InChI is InChI=1S/C55H54N6O6S2/c1-61(32-18-19-33-61)35-40-36-68-52-47(51(63)60(52)48(40)53(64)66-49(38-21-7-2-8-22-38)39-23-9-3-10-24-39)57-50(62)46(59-67-45-31-17-20-34-65-45)44-37-69-54(56-44)58-55(41-25-11-4-12-26-41,42-27-13-5-14-28-42)43-29-15-6-16-30-43/h2-16,21-30,37,45,47,49,52H,17-20,31-36H2,1H3,(H-,56,57,58,62)/p+1/t45?,47?,52-/m0/s1. The molecule has 12 nitrogen and oxygen atoms in total. The zero-order valence-corrected chi connectivity index (χ0v) is 40.1. The normalized spacial score (nSPS) is 20.2. The molecule has 2 amide bonds. The highest BCUT2D eigenvalue weighted by Gasteiger charge is 2.56. The Labute approximate surface area is 411 Å². The number of thiazole rings is 1. The van der Waals surface area contributed by atoms with Crippen molar-refractivity contribution < 1.29 is 33.2 Å². The van der Waals surface area contributed by atoms with Gasteiger partial charge in [-0.15, -0.1) is 23.1 Å². The molecule has 5 aromatic carbocycles. The summed E-state index contributed by atoms with van der Waals surface area (Å²) in [7, 11) is 2.21. The van der Waals surface area contributed by atoms with Crippen molar-refractivity contribution in [3.8, 4) is 0 Å². The molecule has 0 saturated carbocycles. The minimum Gasteiger partial charge on any atom is -0.448 e. The number of hydrogen-bond donors (Lipinski definition) is 2. The Bertz CT molecular complexity index is 2660. The average Bonchev–Trinajstić information content (AvgIpc) is 4.06. The molecular weight excluding hydrogens is 905 g/mol. The van der Waals surface area contributed by atoms with E-state index in [1.54, 1.807) is 5.38 Å². The lowest BCUT2D eigenvalue weighted by Gasteiger charge is -2.50. The van der Waals surface area contributed by atoms with Gasteiger partial charge in [-0.25, -0.2) is 9.78 Å². The number of ether oxygens (including phenoxy) is 2. The topological polar surface area (TPSA) is 131 Å². The van der Waals surface area contributed by atoms with E-state index in [1.165, 1.54) is 28.0 Å². The van der Waals surface area contributed by atoms with Crippen LogP contribution >= 0.6 is 23.1 Å². The number of aromatic nitrogens is 1. The summed E-state index contributed by atoms with van der Waals surface area (Å²) >= 11 is 2.87. The van der Waals surface area contributed by atoms with Crippen LogP contribution in [-0.4, -0.2) is 94.6 Å². The van der Waals surface area contributed by atoms with Crippen LogP contribution in [0.3, 0.4) is 0 Å². The number of thioether (sulfide) groups is 1. The first-order chi connectivity index (χ1) is 33.8. The molecule has 0 spiro atoms. The number of hydrogen-bond acceptors (Lipinski definition) is 11. The van der Waals surface area contributed by atoms with Gasteiger partial charge in [0.1, 0.15) is 34.9 Å². The molecule has 0 bridgehead atoms. The van der Waals surface area contributed by atoms with Crippen LogP contribution < -0.4 is 10.6 Å². The number of amides is 2. The summed E-state index contributed by atoms with van der Waals surface area (Å²) in [6.07, 6.45) is 3.29. The van der Waals surface area contributed by atoms with Crippen LogP contribution in [0.1, 0.15) is 71.7 Å². The molecule has 6 aromatic rings. The number of β-lactam (4-membered cyclic amide) rings is 1. The number of quaternary nitrogens is 1. The Morgan fingerprint density at radius 1 is 0.812 bits per heavy atom. The Kier molecular flexibility index (Phi) is 13.8. The van der Waals surface area contributed by atoms with Crippen molar-refractivity contribution in [3.05, 3.63) is 202 Å². The lowest BCUT2D eigenvalue weighted by Crippen LogP contribution is -2.71. The van der Waals surface area contributed by atoms with Crippen molar-refractivity contribution in [1.82, 2.24) is 15.2 Å². The van der Waals surface area contributed by atoms with Crippen LogP contribution in [0.25, 0.3) is 0 Å². The van der Waals surface area contributed by atoms with Crippen molar-refractivity contribution in [2.45, 2.75) is 61.5 Å². The number of rotatable bonds is 16. The molecule has 4 aliphatic heterocycles. The van der Waals surface area contributed by atoms with Crippen LogP contribution in [0, 0.1) is 0 Å². The van der Waals surface area contributed by atoms with Crippen LogP contribution in [0.4, 0.5) is 5.13 Å². The minimum absolute atomic E-state index is 0.0962. The maximum atomic E-state index is 14.8. The van der Waals surface area contributed by atoms with Gasteiger partial charge in [-0.2, -0.15) is 0 Å². The number of carbonyl (C=O) groups is 3. The fourth-order valence-corrected chi connectivity index (χ4v) is 12.0. The predicted octanol–water partition coefficient (Wildman–Crippen LogP) is 9.02. The van der Waals surface area contributed by atoms with Gasteiger partial charge in [-0.3, -0.25) is 14.5 Å². The van der Waals surface area contributed by atoms with Crippen molar-refractivity contribution in [1.29, 1.82) is 0 Å². The molecule has 4 aliphatic rings. The summed E-state index contributed by atoms with van der Waals surface area (Å²) in [4.78, 5) is 56.6. The van der Waals surface area contributed by atoms with Crippen molar-refractivity contribution in [2.24, 2.45) is 5.16 Å².